The Morgan fingerprint density at radius 3 is 2.62 bits per heavy atom. The van der Waals surface area contributed by atoms with Crippen molar-refractivity contribution < 1.29 is 9.18 Å². The second-order valence-corrected chi connectivity index (χ2v) is 6.78. The SMILES string of the molecule is C=C(F)c1ccc(N2CCNC(c3cccnc3)C2)nc1C(=O)c1cccnc1. The number of hydrogen-bond acceptors (Lipinski definition) is 6. The van der Waals surface area contributed by atoms with E-state index in [9.17, 15) is 9.18 Å². The number of aromatic nitrogens is 3. The Kier molecular flexibility index (Phi) is 5.39. The van der Waals surface area contributed by atoms with E-state index in [0.29, 0.717) is 17.9 Å². The molecule has 1 N–H and O–H groups in total. The summed E-state index contributed by atoms with van der Waals surface area (Å²) in [5.74, 6) is -0.449. The number of carbonyl (C=O) groups is 1. The summed E-state index contributed by atoms with van der Waals surface area (Å²) in [5.41, 5.74) is 1.58. The maximum absolute atomic E-state index is 14.0. The summed E-state index contributed by atoms with van der Waals surface area (Å²) in [5, 5.41) is 3.47. The van der Waals surface area contributed by atoms with Gasteiger partial charge in [-0.05, 0) is 35.9 Å². The Hall–Kier alpha value is -3.45. The minimum Gasteiger partial charge on any atom is -0.353 e. The molecule has 0 aliphatic carbocycles. The number of nitrogens with zero attached hydrogens (tertiary/aromatic N) is 4. The van der Waals surface area contributed by atoms with Crippen molar-refractivity contribution in [3.05, 3.63) is 90.1 Å². The van der Waals surface area contributed by atoms with Crippen LogP contribution in [0.15, 0.2) is 67.8 Å². The number of nitrogens with one attached hydrogen (secondary N) is 1. The molecule has 1 aliphatic rings. The molecule has 0 amide bonds. The van der Waals surface area contributed by atoms with E-state index in [0.717, 1.165) is 18.7 Å². The van der Waals surface area contributed by atoms with E-state index in [4.69, 9.17) is 0 Å². The number of piperazine rings is 1. The zero-order valence-corrected chi connectivity index (χ0v) is 15.8. The quantitative estimate of drug-likeness (QED) is 0.676. The van der Waals surface area contributed by atoms with E-state index in [-0.39, 0.29) is 23.1 Å². The van der Waals surface area contributed by atoms with Gasteiger partial charge < -0.3 is 10.2 Å². The third-order valence-corrected chi connectivity index (χ3v) is 4.90. The van der Waals surface area contributed by atoms with Crippen LogP contribution in [0.5, 0.6) is 0 Å². The third-order valence-electron chi connectivity index (χ3n) is 4.90. The lowest BCUT2D eigenvalue weighted by molar-refractivity contribution is 0.103. The minimum absolute atomic E-state index is 0.0412. The van der Waals surface area contributed by atoms with Gasteiger partial charge in [-0.2, -0.15) is 0 Å². The van der Waals surface area contributed by atoms with Crippen LogP contribution in [0.4, 0.5) is 10.2 Å². The van der Waals surface area contributed by atoms with Crippen LogP contribution in [0.25, 0.3) is 5.83 Å². The molecule has 0 saturated carbocycles. The van der Waals surface area contributed by atoms with E-state index in [1.807, 2.05) is 18.3 Å². The van der Waals surface area contributed by atoms with Gasteiger partial charge in [0.2, 0.25) is 5.78 Å². The lowest BCUT2D eigenvalue weighted by Crippen LogP contribution is -2.46. The number of carbonyl (C=O) groups excluding carboxylic acids is 1. The molecule has 0 radical (unpaired) electrons. The number of rotatable bonds is 5. The summed E-state index contributed by atoms with van der Waals surface area (Å²) < 4.78 is 14.0. The molecule has 29 heavy (non-hydrogen) atoms. The highest BCUT2D eigenvalue weighted by Gasteiger charge is 2.24. The van der Waals surface area contributed by atoms with Crippen molar-refractivity contribution in [2.75, 3.05) is 24.5 Å². The third kappa shape index (κ3) is 4.05. The van der Waals surface area contributed by atoms with Gasteiger partial charge in [0.25, 0.3) is 0 Å². The highest BCUT2D eigenvalue weighted by atomic mass is 19.1. The first-order chi connectivity index (χ1) is 14.1. The Bertz CT molecular complexity index is 1030. The van der Waals surface area contributed by atoms with Gasteiger partial charge in [-0.3, -0.25) is 14.8 Å². The molecule has 3 aromatic rings. The number of halogens is 1. The topological polar surface area (TPSA) is 71.0 Å². The van der Waals surface area contributed by atoms with Crippen LogP contribution in [0.1, 0.15) is 33.2 Å². The Labute approximate surface area is 168 Å². The first-order valence-electron chi connectivity index (χ1n) is 9.32. The Morgan fingerprint density at radius 1 is 1.14 bits per heavy atom. The van der Waals surface area contributed by atoms with Gasteiger partial charge in [-0.15, -0.1) is 0 Å². The molecule has 1 saturated heterocycles. The van der Waals surface area contributed by atoms with Crippen LogP contribution in [0.3, 0.4) is 0 Å². The van der Waals surface area contributed by atoms with Crippen molar-refractivity contribution in [2.24, 2.45) is 0 Å². The smallest absolute Gasteiger partial charge is 0.213 e. The molecular weight excluding hydrogens is 369 g/mol. The Balaban J connectivity index is 1.66. The number of ketones is 1. The van der Waals surface area contributed by atoms with Gasteiger partial charge in [-0.1, -0.05) is 12.6 Å². The van der Waals surface area contributed by atoms with Crippen molar-refractivity contribution >= 4 is 17.4 Å². The summed E-state index contributed by atoms with van der Waals surface area (Å²) in [4.78, 5) is 27.7. The molecule has 146 valence electrons. The van der Waals surface area contributed by atoms with Crippen LogP contribution in [0.2, 0.25) is 0 Å². The van der Waals surface area contributed by atoms with Gasteiger partial charge in [0, 0.05) is 55.5 Å². The standard InChI is InChI=1S/C22H20FN5O/c1-15(23)18-6-7-20(27-21(18)22(29)17-5-3-9-25-13-17)28-11-10-26-19(14-28)16-4-2-8-24-12-16/h2-9,12-13,19,26H,1,10-11,14H2. The molecule has 1 aliphatic heterocycles. The average Bonchev–Trinajstić information content (AvgIpc) is 2.79. The molecular formula is C22H20FN5O. The van der Waals surface area contributed by atoms with Gasteiger partial charge in [0.05, 0.1) is 6.04 Å². The molecule has 3 aromatic heterocycles. The van der Waals surface area contributed by atoms with Gasteiger partial charge in [0.1, 0.15) is 17.3 Å². The van der Waals surface area contributed by atoms with E-state index in [1.54, 1.807) is 36.7 Å². The monoisotopic (exact) mass is 389 g/mol. The van der Waals surface area contributed by atoms with Crippen molar-refractivity contribution in [1.82, 2.24) is 20.3 Å². The predicted molar refractivity (Wildman–Crippen MR) is 109 cm³/mol. The molecule has 4 heterocycles. The largest absolute Gasteiger partial charge is 0.353 e. The van der Waals surface area contributed by atoms with E-state index in [2.05, 4.69) is 31.7 Å². The van der Waals surface area contributed by atoms with Crippen LogP contribution in [-0.4, -0.2) is 40.4 Å². The first-order valence-corrected chi connectivity index (χ1v) is 9.32. The maximum atomic E-state index is 14.0. The van der Waals surface area contributed by atoms with Crippen LogP contribution in [-0.2, 0) is 0 Å². The highest BCUT2D eigenvalue weighted by Crippen LogP contribution is 2.26. The highest BCUT2D eigenvalue weighted by molar-refractivity contribution is 6.10. The summed E-state index contributed by atoms with van der Waals surface area (Å²) in [6.07, 6.45) is 6.60. The van der Waals surface area contributed by atoms with E-state index in [1.165, 1.54) is 6.20 Å². The molecule has 7 heteroatoms. The normalized spacial score (nSPS) is 16.4. The fourth-order valence-electron chi connectivity index (χ4n) is 3.41. The first kappa shape index (κ1) is 18.9. The lowest BCUT2D eigenvalue weighted by Gasteiger charge is -2.34. The fourth-order valence-corrected chi connectivity index (χ4v) is 3.41. The molecule has 1 fully saturated rings. The van der Waals surface area contributed by atoms with E-state index >= 15 is 0 Å². The van der Waals surface area contributed by atoms with Crippen LogP contribution in [0, 0.1) is 0 Å². The van der Waals surface area contributed by atoms with Gasteiger partial charge in [0.15, 0.2) is 0 Å². The van der Waals surface area contributed by atoms with Crippen molar-refractivity contribution in [3.63, 3.8) is 0 Å². The predicted octanol–water partition coefficient (Wildman–Crippen LogP) is 3.19. The summed E-state index contributed by atoms with van der Waals surface area (Å²) >= 11 is 0. The molecule has 0 bridgehead atoms. The number of pyridine rings is 3. The van der Waals surface area contributed by atoms with Crippen molar-refractivity contribution in [1.29, 1.82) is 0 Å². The summed E-state index contributed by atoms with van der Waals surface area (Å²) in [7, 11) is 0. The molecule has 4 rings (SSSR count). The number of hydrogen-bond donors (Lipinski definition) is 1. The van der Waals surface area contributed by atoms with Gasteiger partial charge in [-0.25, -0.2) is 9.37 Å². The lowest BCUT2D eigenvalue weighted by atomic mass is 10.0. The fraction of sp³-hybridized carbons (Fsp3) is 0.182. The van der Waals surface area contributed by atoms with E-state index < -0.39 is 5.83 Å². The molecule has 0 aromatic carbocycles. The van der Waals surface area contributed by atoms with Crippen molar-refractivity contribution in [3.8, 4) is 0 Å². The second kappa shape index (κ2) is 8.28. The molecule has 6 nitrogen and oxygen atoms in total. The summed E-state index contributed by atoms with van der Waals surface area (Å²) in [6.45, 7) is 5.49. The van der Waals surface area contributed by atoms with Crippen LogP contribution >= 0.6 is 0 Å². The zero-order valence-electron chi connectivity index (χ0n) is 15.8. The summed E-state index contributed by atoms with van der Waals surface area (Å²) in [6, 6.07) is 10.6. The molecule has 0 spiro atoms. The minimum atomic E-state index is -0.690. The Morgan fingerprint density at radius 2 is 1.93 bits per heavy atom. The zero-order chi connectivity index (χ0) is 20.2. The average molecular weight is 389 g/mol. The van der Waals surface area contributed by atoms with Gasteiger partial charge >= 0.3 is 0 Å². The maximum Gasteiger partial charge on any atom is 0.213 e. The van der Waals surface area contributed by atoms with Crippen LogP contribution < -0.4 is 10.2 Å². The number of anilines is 1. The molecule has 1 atom stereocenters. The second-order valence-electron chi connectivity index (χ2n) is 6.78. The van der Waals surface area contributed by atoms with Crippen molar-refractivity contribution in [2.45, 2.75) is 6.04 Å². The molecule has 1 unspecified atom stereocenters.